The molecule has 1 amide bonds. The van der Waals surface area contributed by atoms with Crippen molar-refractivity contribution in [1.29, 1.82) is 0 Å². The number of carbonyl (C=O) groups is 1. The first-order valence-electron chi connectivity index (χ1n) is 11.2. The van der Waals surface area contributed by atoms with Gasteiger partial charge < -0.3 is 14.4 Å². The van der Waals surface area contributed by atoms with Gasteiger partial charge in [0.05, 0.1) is 12.5 Å². The first kappa shape index (κ1) is 23.9. The summed E-state index contributed by atoms with van der Waals surface area (Å²) in [6.07, 6.45) is 2.98. The Morgan fingerprint density at radius 2 is 1.88 bits per heavy atom. The SMILES string of the molecule is Cc1noc(C)c1S(=O)(=O)N1CCCC(C(=O)NCc2ccc(Cn3ccccc3=O)cc2)C1. The molecule has 2 aromatic heterocycles. The highest BCUT2D eigenvalue weighted by Gasteiger charge is 2.36. The summed E-state index contributed by atoms with van der Waals surface area (Å²) in [7, 11) is -3.77. The molecule has 0 spiro atoms. The van der Waals surface area contributed by atoms with Crippen molar-refractivity contribution in [2.45, 2.75) is 44.7 Å². The van der Waals surface area contributed by atoms with E-state index in [-0.39, 0.29) is 28.7 Å². The average molecular weight is 485 g/mol. The van der Waals surface area contributed by atoms with Crippen LogP contribution in [-0.4, -0.2) is 41.4 Å². The quantitative estimate of drug-likeness (QED) is 0.550. The van der Waals surface area contributed by atoms with Crippen molar-refractivity contribution in [1.82, 2.24) is 19.3 Å². The van der Waals surface area contributed by atoms with Gasteiger partial charge in [0.1, 0.15) is 10.6 Å². The second-order valence-corrected chi connectivity index (χ2v) is 10.4. The van der Waals surface area contributed by atoms with Gasteiger partial charge in [-0.05, 0) is 43.9 Å². The van der Waals surface area contributed by atoms with Gasteiger partial charge in [0.15, 0.2) is 5.76 Å². The van der Waals surface area contributed by atoms with Crippen molar-refractivity contribution in [2.75, 3.05) is 13.1 Å². The van der Waals surface area contributed by atoms with Crippen LogP contribution >= 0.6 is 0 Å². The number of nitrogens with zero attached hydrogens (tertiary/aromatic N) is 3. The van der Waals surface area contributed by atoms with Gasteiger partial charge in [-0.1, -0.05) is 35.5 Å². The fraction of sp³-hybridized carbons (Fsp3) is 0.375. The molecule has 0 saturated carbocycles. The molecule has 1 atom stereocenters. The molecule has 3 aromatic rings. The summed E-state index contributed by atoms with van der Waals surface area (Å²) in [5.41, 5.74) is 2.17. The van der Waals surface area contributed by atoms with Gasteiger partial charge in [0, 0.05) is 31.9 Å². The predicted octanol–water partition coefficient (Wildman–Crippen LogP) is 2.22. The number of hydrogen-bond donors (Lipinski definition) is 1. The zero-order valence-electron chi connectivity index (χ0n) is 19.2. The van der Waals surface area contributed by atoms with Crippen molar-refractivity contribution >= 4 is 15.9 Å². The van der Waals surface area contributed by atoms with Crippen LogP contribution in [0.25, 0.3) is 0 Å². The summed E-state index contributed by atoms with van der Waals surface area (Å²) in [6, 6.07) is 12.7. The molecule has 3 heterocycles. The molecular formula is C24H28N4O5S. The number of aromatic nitrogens is 2. The molecule has 1 saturated heterocycles. The minimum atomic E-state index is -3.77. The van der Waals surface area contributed by atoms with Crippen molar-refractivity contribution in [2.24, 2.45) is 5.92 Å². The Balaban J connectivity index is 1.35. The van der Waals surface area contributed by atoms with E-state index in [4.69, 9.17) is 4.52 Å². The fourth-order valence-corrected chi connectivity index (χ4v) is 6.05. The Hall–Kier alpha value is -3.24. The molecule has 1 aliphatic rings. The van der Waals surface area contributed by atoms with Crippen LogP contribution in [0.5, 0.6) is 0 Å². The van der Waals surface area contributed by atoms with E-state index in [0.717, 1.165) is 11.1 Å². The zero-order chi connectivity index (χ0) is 24.3. The topological polar surface area (TPSA) is 115 Å². The number of piperidine rings is 1. The van der Waals surface area contributed by atoms with Gasteiger partial charge in [-0.3, -0.25) is 9.59 Å². The molecule has 1 unspecified atom stereocenters. The summed E-state index contributed by atoms with van der Waals surface area (Å²) in [5, 5.41) is 6.68. The van der Waals surface area contributed by atoms with E-state index in [9.17, 15) is 18.0 Å². The normalized spacial score (nSPS) is 16.9. The number of pyridine rings is 1. The standard InChI is InChI=1S/C24H28N4O5S/c1-17-23(18(2)33-26-17)34(31,32)28-13-5-6-21(16-28)24(30)25-14-19-8-10-20(11-9-19)15-27-12-4-3-7-22(27)29/h3-4,7-12,21H,5-6,13-16H2,1-2H3,(H,25,30). The van der Waals surface area contributed by atoms with Crippen LogP contribution < -0.4 is 10.9 Å². The molecule has 0 aliphatic carbocycles. The third kappa shape index (κ3) is 5.13. The average Bonchev–Trinajstić information content (AvgIpc) is 3.18. The number of rotatable bonds is 7. The van der Waals surface area contributed by atoms with Crippen LogP contribution in [0, 0.1) is 19.8 Å². The maximum Gasteiger partial charge on any atom is 0.250 e. The fourth-order valence-electron chi connectivity index (χ4n) is 4.23. The highest BCUT2D eigenvalue weighted by Crippen LogP contribution is 2.27. The van der Waals surface area contributed by atoms with Gasteiger partial charge in [-0.2, -0.15) is 4.31 Å². The second-order valence-electron chi connectivity index (χ2n) is 8.56. The van der Waals surface area contributed by atoms with Crippen LogP contribution in [0.15, 0.2) is 62.9 Å². The van der Waals surface area contributed by atoms with Crippen LogP contribution in [0.1, 0.15) is 35.4 Å². The summed E-state index contributed by atoms with van der Waals surface area (Å²) >= 11 is 0. The lowest BCUT2D eigenvalue weighted by Crippen LogP contribution is -2.45. The monoisotopic (exact) mass is 484 g/mol. The molecular weight excluding hydrogens is 456 g/mol. The zero-order valence-corrected chi connectivity index (χ0v) is 20.0. The number of benzene rings is 1. The highest BCUT2D eigenvalue weighted by atomic mass is 32.2. The molecule has 0 radical (unpaired) electrons. The summed E-state index contributed by atoms with van der Waals surface area (Å²) in [6.45, 7) is 4.48. The van der Waals surface area contributed by atoms with Gasteiger partial charge in [-0.25, -0.2) is 8.42 Å². The maximum absolute atomic E-state index is 13.1. The molecule has 0 bridgehead atoms. The third-order valence-corrected chi connectivity index (χ3v) is 8.17. The smallest absolute Gasteiger partial charge is 0.250 e. The number of hydrogen-bond acceptors (Lipinski definition) is 6. The summed E-state index contributed by atoms with van der Waals surface area (Å²) in [4.78, 5) is 24.8. The summed E-state index contributed by atoms with van der Waals surface area (Å²) in [5.74, 6) is -0.337. The number of nitrogens with one attached hydrogen (secondary N) is 1. The van der Waals surface area contributed by atoms with E-state index in [2.05, 4.69) is 10.5 Å². The highest BCUT2D eigenvalue weighted by molar-refractivity contribution is 7.89. The Labute approximate surface area is 198 Å². The maximum atomic E-state index is 13.1. The largest absolute Gasteiger partial charge is 0.360 e. The number of carbonyl (C=O) groups excluding carboxylic acids is 1. The van der Waals surface area contributed by atoms with Gasteiger partial charge in [0.25, 0.3) is 5.56 Å². The Bertz CT molecular complexity index is 1310. The van der Waals surface area contributed by atoms with Gasteiger partial charge in [-0.15, -0.1) is 0 Å². The molecule has 4 rings (SSSR count). The van der Waals surface area contributed by atoms with E-state index >= 15 is 0 Å². The third-order valence-electron chi connectivity index (χ3n) is 6.06. The number of aryl methyl sites for hydroxylation is 2. The molecule has 180 valence electrons. The van der Waals surface area contributed by atoms with E-state index in [0.29, 0.717) is 38.2 Å². The number of amides is 1. The Morgan fingerprint density at radius 3 is 2.56 bits per heavy atom. The van der Waals surface area contributed by atoms with Crippen molar-refractivity contribution in [3.63, 3.8) is 0 Å². The van der Waals surface area contributed by atoms with Crippen LogP contribution in [0.4, 0.5) is 0 Å². The van der Waals surface area contributed by atoms with Crippen LogP contribution in [0.3, 0.4) is 0 Å². The Morgan fingerprint density at radius 1 is 1.15 bits per heavy atom. The van der Waals surface area contributed by atoms with E-state index in [1.165, 1.54) is 10.4 Å². The van der Waals surface area contributed by atoms with E-state index in [1.54, 1.807) is 30.7 Å². The lowest BCUT2D eigenvalue weighted by atomic mass is 9.98. The lowest BCUT2D eigenvalue weighted by Gasteiger charge is -2.31. The van der Waals surface area contributed by atoms with Crippen molar-refractivity contribution < 1.29 is 17.7 Å². The van der Waals surface area contributed by atoms with Gasteiger partial charge >= 0.3 is 0 Å². The number of sulfonamides is 1. The minimum absolute atomic E-state index is 0.0586. The Kier molecular flexibility index (Phi) is 6.99. The van der Waals surface area contributed by atoms with Crippen molar-refractivity contribution in [3.05, 3.63) is 81.6 Å². The predicted molar refractivity (Wildman–Crippen MR) is 126 cm³/mol. The van der Waals surface area contributed by atoms with E-state index < -0.39 is 15.9 Å². The van der Waals surface area contributed by atoms with Crippen LogP contribution in [0.2, 0.25) is 0 Å². The summed E-state index contributed by atoms with van der Waals surface area (Å²) < 4.78 is 34.2. The molecule has 34 heavy (non-hydrogen) atoms. The molecule has 10 heteroatoms. The van der Waals surface area contributed by atoms with Crippen molar-refractivity contribution in [3.8, 4) is 0 Å². The lowest BCUT2D eigenvalue weighted by molar-refractivity contribution is -0.126. The molecule has 1 fully saturated rings. The first-order valence-corrected chi connectivity index (χ1v) is 12.6. The molecule has 1 aliphatic heterocycles. The molecule has 9 nitrogen and oxygen atoms in total. The molecule has 1 N–H and O–H groups in total. The van der Waals surface area contributed by atoms with Crippen LogP contribution in [-0.2, 0) is 27.9 Å². The first-order chi connectivity index (χ1) is 16.3. The second kappa shape index (κ2) is 9.94. The van der Waals surface area contributed by atoms with Gasteiger partial charge in [0.2, 0.25) is 15.9 Å². The minimum Gasteiger partial charge on any atom is -0.360 e. The molecule has 1 aromatic carbocycles. The van der Waals surface area contributed by atoms with E-state index in [1.807, 2.05) is 30.3 Å².